The van der Waals surface area contributed by atoms with E-state index in [1.807, 2.05) is 0 Å². The van der Waals surface area contributed by atoms with Crippen molar-refractivity contribution in [2.75, 3.05) is 11.9 Å². The number of rotatable bonds is 4. The molecule has 0 spiro atoms. The van der Waals surface area contributed by atoms with Crippen molar-refractivity contribution in [3.8, 4) is 0 Å². The maximum atomic E-state index is 11.9. The number of esters is 1. The van der Waals surface area contributed by atoms with E-state index in [4.69, 9.17) is 51.1 Å². The van der Waals surface area contributed by atoms with Crippen molar-refractivity contribution < 1.29 is 14.3 Å². The number of anilines is 1. The molecule has 120 valence electrons. The zero-order valence-electron chi connectivity index (χ0n) is 11.4. The van der Waals surface area contributed by atoms with E-state index in [0.717, 1.165) is 0 Å². The predicted octanol–water partition coefficient (Wildman–Crippen LogP) is 5.10. The molecular formula is C15H9Cl4NO3. The number of amides is 1. The Morgan fingerprint density at radius 3 is 2.22 bits per heavy atom. The lowest BCUT2D eigenvalue weighted by Crippen LogP contribution is -2.21. The van der Waals surface area contributed by atoms with Crippen molar-refractivity contribution in [1.29, 1.82) is 0 Å². The standard InChI is InChI=1S/C15H9Cl4NO3/c16-8-1-2-13(19)12(6-8)15(22)23-7-14(21)20-11-4-9(17)3-10(18)5-11/h1-6H,7H2,(H,20,21). The van der Waals surface area contributed by atoms with Crippen molar-refractivity contribution in [2.24, 2.45) is 0 Å². The highest BCUT2D eigenvalue weighted by atomic mass is 35.5. The molecule has 0 aromatic heterocycles. The Labute approximate surface area is 152 Å². The molecule has 0 atom stereocenters. The number of hydrogen-bond acceptors (Lipinski definition) is 3. The normalized spacial score (nSPS) is 10.3. The molecule has 4 nitrogen and oxygen atoms in total. The van der Waals surface area contributed by atoms with Crippen molar-refractivity contribution in [2.45, 2.75) is 0 Å². The molecule has 0 unspecified atom stereocenters. The first-order chi connectivity index (χ1) is 10.8. The minimum atomic E-state index is -0.753. The molecule has 1 amide bonds. The fourth-order valence-corrected chi connectivity index (χ4v) is 2.58. The van der Waals surface area contributed by atoms with Gasteiger partial charge in [0.15, 0.2) is 6.61 Å². The molecule has 0 saturated carbocycles. The Morgan fingerprint density at radius 1 is 0.913 bits per heavy atom. The van der Waals surface area contributed by atoms with E-state index in [2.05, 4.69) is 5.32 Å². The third-order valence-electron chi connectivity index (χ3n) is 2.63. The van der Waals surface area contributed by atoms with Crippen molar-refractivity contribution in [1.82, 2.24) is 0 Å². The summed E-state index contributed by atoms with van der Waals surface area (Å²) >= 11 is 23.3. The fourth-order valence-electron chi connectivity index (χ4n) is 1.69. The van der Waals surface area contributed by atoms with Gasteiger partial charge in [0, 0.05) is 20.8 Å². The number of ether oxygens (including phenoxy) is 1. The molecule has 0 aliphatic heterocycles. The molecule has 2 aromatic carbocycles. The summed E-state index contributed by atoms with van der Waals surface area (Å²) in [4.78, 5) is 23.7. The van der Waals surface area contributed by atoms with Crippen LogP contribution in [0.3, 0.4) is 0 Å². The Balaban J connectivity index is 1.96. The quantitative estimate of drug-likeness (QED) is 0.736. The van der Waals surface area contributed by atoms with Gasteiger partial charge in [-0.1, -0.05) is 46.4 Å². The number of hydrogen-bond donors (Lipinski definition) is 1. The summed E-state index contributed by atoms with van der Waals surface area (Å²) in [6, 6.07) is 8.92. The van der Waals surface area contributed by atoms with Crippen LogP contribution < -0.4 is 5.32 Å². The van der Waals surface area contributed by atoms with Gasteiger partial charge in [-0.2, -0.15) is 0 Å². The second-order valence-corrected chi connectivity index (χ2v) is 6.12. The Kier molecular flexibility index (Phi) is 6.13. The Bertz CT molecular complexity index is 744. The average molecular weight is 393 g/mol. The van der Waals surface area contributed by atoms with Gasteiger partial charge in [-0.05, 0) is 36.4 Å². The van der Waals surface area contributed by atoms with Crippen LogP contribution in [0.5, 0.6) is 0 Å². The molecule has 0 radical (unpaired) electrons. The van der Waals surface area contributed by atoms with E-state index in [1.165, 1.54) is 36.4 Å². The average Bonchev–Trinajstić information content (AvgIpc) is 2.46. The highest BCUT2D eigenvalue weighted by Gasteiger charge is 2.14. The van der Waals surface area contributed by atoms with Gasteiger partial charge in [0.25, 0.3) is 5.91 Å². The molecular weight excluding hydrogens is 384 g/mol. The van der Waals surface area contributed by atoms with Crippen LogP contribution in [0, 0.1) is 0 Å². The minimum absolute atomic E-state index is 0.0813. The van der Waals surface area contributed by atoms with E-state index in [1.54, 1.807) is 0 Å². The van der Waals surface area contributed by atoms with E-state index in [-0.39, 0.29) is 10.6 Å². The zero-order chi connectivity index (χ0) is 17.0. The fraction of sp³-hybridized carbons (Fsp3) is 0.0667. The summed E-state index contributed by atoms with van der Waals surface area (Å²) in [6.07, 6.45) is 0. The lowest BCUT2D eigenvalue weighted by atomic mass is 10.2. The van der Waals surface area contributed by atoms with Crippen LogP contribution in [0.4, 0.5) is 5.69 Å². The van der Waals surface area contributed by atoms with Crippen molar-refractivity contribution >= 4 is 64.0 Å². The molecule has 0 heterocycles. The maximum absolute atomic E-state index is 11.9. The van der Waals surface area contributed by atoms with Crippen LogP contribution in [-0.4, -0.2) is 18.5 Å². The molecule has 0 bridgehead atoms. The number of halogens is 4. The zero-order valence-corrected chi connectivity index (χ0v) is 14.4. The largest absolute Gasteiger partial charge is 0.452 e. The van der Waals surface area contributed by atoms with Gasteiger partial charge < -0.3 is 10.1 Å². The van der Waals surface area contributed by atoms with Gasteiger partial charge in [0.1, 0.15) is 0 Å². The van der Waals surface area contributed by atoms with Crippen LogP contribution in [0.1, 0.15) is 10.4 Å². The summed E-state index contributed by atoms with van der Waals surface area (Å²) in [6.45, 7) is -0.494. The molecule has 23 heavy (non-hydrogen) atoms. The summed E-state index contributed by atoms with van der Waals surface area (Å²) in [7, 11) is 0. The minimum Gasteiger partial charge on any atom is -0.452 e. The number of carbonyl (C=O) groups is 2. The second-order valence-electron chi connectivity index (χ2n) is 4.41. The topological polar surface area (TPSA) is 55.4 Å². The molecule has 2 aromatic rings. The molecule has 8 heteroatoms. The van der Waals surface area contributed by atoms with Crippen molar-refractivity contribution in [3.63, 3.8) is 0 Å². The molecule has 1 N–H and O–H groups in total. The maximum Gasteiger partial charge on any atom is 0.340 e. The van der Waals surface area contributed by atoms with E-state index >= 15 is 0 Å². The second kappa shape index (κ2) is 7.88. The first kappa shape index (κ1) is 17.9. The van der Waals surface area contributed by atoms with Crippen molar-refractivity contribution in [3.05, 3.63) is 62.1 Å². The molecule has 0 fully saturated rings. The van der Waals surface area contributed by atoms with Gasteiger partial charge in [0.05, 0.1) is 10.6 Å². The van der Waals surface area contributed by atoms with Gasteiger partial charge in [-0.3, -0.25) is 4.79 Å². The summed E-state index contributed by atoms with van der Waals surface area (Å²) in [5.74, 6) is -1.30. The van der Waals surface area contributed by atoms with Crippen LogP contribution in [-0.2, 0) is 9.53 Å². The molecule has 0 aliphatic rings. The SMILES string of the molecule is O=C(COC(=O)c1cc(Cl)ccc1Cl)Nc1cc(Cl)cc(Cl)c1. The third-order valence-corrected chi connectivity index (χ3v) is 3.63. The van der Waals surface area contributed by atoms with Crippen LogP contribution in [0.15, 0.2) is 36.4 Å². The lowest BCUT2D eigenvalue weighted by Gasteiger charge is -2.08. The predicted molar refractivity (Wildman–Crippen MR) is 91.8 cm³/mol. The highest BCUT2D eigenvalue weighted by Crippen LogP contribution is 2.23. The highest BCUT2D eigenvalue weighted by molar-refractivity contribution is 6.36. The summed E-state index contributed by atoms with van der Waals surface area (Å²) in [5.41, 5.74) is 0.474. The van der Waals surface area contributed by atoms with E-state index < -0.39 is 18.5 Å². The molecule has 2 rings (SSSR count). The first-order valence-electron chi connectivity index (χ1n) is 6.23. The molecule has 0 saturated heterocycles. The monoisotopic (exact) mass is 391 g/mol. The summed E-state index contributed by atoms with van der Waals surface area (Å²) in [5, 5.41) is 3.77. The first-order valence-corrected chi connectivity index (χ1v) is 7.74. The summed E-state index contributed by atoms with van der Waals surface area (Å²) < 4.78 is 4.90. The van der Waals surface area contributed by atoms with Gasteiger partial charge in [-0.15, -0.1) is 0 Å². The third kappa shape index (κ3) is 5.29. The van der Waals surface area contributed by atoms with Gasteiger partial charge in [-0.25, -0.2) is 4.79 Å². The number of nitrogens with one attached hydrogen (secondary N) is 1. The molecule has 0 aliphatic carbocycles. The number of carbonyl (C=O) groups excluding carboxylic acids is 2. The van der Waals surface area contributed by atoms with Gasteiger partial charge >= 0.3 is 5.97 Å². The van der Waals surface area contributed by atoms with E-state index in [9.17, 15) is 9.59 Å². The van der Waals surface area contributed by atoms with Crippen LogP contribution in [0.25, 0.3) is 0 Å². The Hall–Kier alpha value is -1.46. The van der Waals surface area contributed by atoms with Crippen LogP contribution in [0.2, 0.25) is 20.1 Å². The Morgan fingerprint density at radius 2 is 1.57 bits per heavy atom. The number of benzene rings is 2. The van der Waals surface area contributed by atoms with Gasteiger partial charge in [0.2, 0.25) is 0 Å². The lowest BCUT2D eigenvalue weighted by molar-refractivity contribution is -0.119. The van der Waals surface area contributed by atoms with E-state index in [0.29, 0.717) is 20.8 Å². The smallest absolute Gasteiger partial charge is 0.340 e. The van der Waals surface area contributed by atoms with Crippen LogP contribution >= 0.6 is 46.4 Å².